The van der Waals surface area contributed by atoms with E-state index in [9.17, 15) is 14.3 Å². The summed E-state index contributed by atoms with van der Waals surface area (Å²) in [5, 5.41) is 0. The third kappa shape index (κ3) is 41.3. The molecule has 0 aliphatic carbocycles. The predicted molar refractivity (Wildman–Crippen MR) is 222 cm³/mol. The van der Waals surface area contributed by atoms with Gasteiger partial charge in [-0.2, -0.15) is 0 Å². The Morgan fingerprint density at radius 3 is 1.60 bits per heavy atom. The largest absolute Gasteiger partial charge is 0.756 e. The fraction of sp³-hybridized carbons (Fsp3) is 0.795. The predicted octanol–water partition coefficient (Wildman–Crippen LogP) is 12.1. The van der Waals surface area contributed by atoms with Gasteiger partial charge >= 0.3 is 5.97 Å². The van der Waals surface area contributed by atoms with Gasteiger partial charge in [-0.1, -0.05) is 147 Å². The fourth-order valence-corrected chi connectivity index (χ4v) is 6.30. The van der Waals surface area contributed by atoms with Gasteiger partial charge in [-0.3, -0.25) is 9.36 Å². The number of nitrogens with zero attached hydrogens (tertiary/aromatic N) is 1. The number of hydrogen-bond acceptors (Lipinski definition) is 7. The molecule has 9 heteroatoms. The minimum Gasteiger partial charge on any atom is -0.756 e. The van der Waals surface area contributed by atoms with Crippen LogP contribution in [0.15, 0.2) is 48.8 Å². The summed E-state index contributed by atoms with van der Waals surface area (Å²) in [4.78, 5) is 25.0. The molecule has 310 valence electrons. The molecule has 0 aliphatic rings. The number of carbonyl (C=O) groups is 1. The first-order valence-electron chi connectivity index (χ1n) is 21.4. The van der Waals surface area contributed by atoms with Crippen molar-refractivity contribution in [2.75, 3.05) is 47.5 Å². The molecule has 0 saturated carbocycles. The third-order valence-corrected chi connectivity index (χ3v) is 9.91. The van der Waals surface area contributed by atoms with Gasteiger partial charge in [0.2, 0.25) is 0 Å². The molecule has 0 amide bonds. The first-order valence-corrected chi connectivity index (χ1v) is 22.9. The van der Waals surface area contributed by atoms with Crippen molar-refractivity contribution in [2.45, 2.75) is 180 Å². The molecule has 0 bridgehead atoms. The maximum atomic E-state index is 12.6. The first-order chi connectivity index (χ1) is 25.6. The standard InChI is InChI=1S/C44H82NO7P/c1-6-8-10-12-14-16-18-20-22-23-24-25-27-29-31-33-35-37-44(46)52-43(42-51-53(47,48)50-40-38-45(3,4)5)41-49-39-36-34-32-30-28-26-21-19-17-15-13-11-9-7-2/h14,16,20,22,24-25,36,39,43H,6-13,15,17-19,21,23,26-35,37-38,40-42H2,1-5H3/b16-14+,22-20+,25-24+,39-36+/t43-/m1/s1. The highest BCUT2D eigenvalue weighted by atomic mass is 31.2. The molecule has 0 aromatic carbocycles. The second kappa shape index (κ2) is 37.2. The maximum absolute atomic E-state index is 12.6. The van der Waals surface area contributed by atoms with E-state index in [1.165, 1.54) is 96.3 Å². The summed E-state index contributed by atoms with van der Waals surface area (Å²) < 4.78 is 34.3. The molecule has 2 atom stereocenters. The zero-order valence-corrected chi connectivity index (χ0v) is 35.8. The molecule has 53 heavy (non-hydrogen) atoms. The minimum absolute atomic E-state index is 0.0107. The zero-order valence-electron chi connectivity index (χ0n) is 35.0. The Balaban J connectivity index is 4.36. The van der Waals surface area contributed by atoms with Crippen LogP contribution in [0.1, 0.15) is 174 Å². The molecule has 0 aromatic heterocycles. The minimum atomic E-state index is -4.54. The Labute approximate surface area is 327 Å². The van der Waals surface area contributed by atoms with Crippen molar-refractivity contribution in [3.8, 4) is 0 Å². The van der Waals surface area contributed by atoms with Crippen LogP contribution in [0, 0.1) is 0 Å². The van der Waals surface area contributed by atoms with Crippen LogP contribution in [0.4, 0.5) is 0 Å². The fourth-order valence-electron chi connectivity index (χ4n) is 5.58. The van der Waals surface area contributed by atoms with Gasteiger partial charge < -0.3 is 27.9 Å². The summed E-state index contributed by atoms with van der Waals surface area (Å²) in [5.74, 6) is -0.378. The molecular weight excluding hydrogens is 685 g/mol. The second-order valence-electron chi connectivity index (χ2n) is 15.4. The third-order valence-electron chi connectivity index (χ3n) is 8.95. The molecule has 8 nitrogen and oxygen atoms in total. The first kappa shape index (κ1) is 51.3. The van der Waals surface area contributed by atoms with E-state index in [1.54, 1.807) is 6.26 Å². The van der Waals surface area contributed by atoms with Crippen molar-refractivity contribution in [3.05, 3.63) is 48.8 Å². The number of esters is 1. The summed E-state index contributed by atoms with van der Waals surface area (Å²) in [6.07, 6.45) is 44.9. The molecule has 0 N–H and O–H groups in total. The Hall–Kier alpha value is -1.70. The average molecular weight is 768 g/mol. The number of allylic oxidation sites excluding steroid dienone is 7. The Morgan fingerprint density at radius 1 is 0.604 bits per heavy atom. The van der Waals surface area contributed by atoms with Crippen LogP contribution in [-0.4, -0.2) is 64.1 Å². The molecule has 0 radical (unpaired) electrons. The number of rotatable bonds is 39. The van der Waals surface area contributed by atoms with E-state index in [1.807, 2.05) is 27.2 Å². The summed E-state index contributed by atoms with van der Waals surface area (Å²) in [5.41, 5.74) is 0. The van der Waals surface area contributed by atoms with E-state index in [2.05, 4.69) is 50.3 Å². The van der Waals surface area contributed by atoms with Crippen LogP contribution in [-0.2, 0) is 27.9 Å². The lowest BCUT2D eigenvalue weighted by molar-refractivity contribution is -0.870. The quantitative estimate of drug-likeness (QED) is 0.0153. The lowest BCUT2D eigenvalue weighted by atomic mass is 10.0. The summed E-state index contributed by atoms with van der Waals surface area (Å²) in [6, 6.07) is 0. The monoisotopic (exact) mass is 768 g/mol. The van der Waals surface area contributed by atoms with E-state index in [0.29, 0.717) is 11.0 Å². The van der Waals surface area contributed by atoms with Crippen LogP contribution in [0.3, 0.4) is 0 Å². The van der Waals surface area contributed by atoms with Crippen LogP contribution in [0.25, 0.3) is 0 Å². The van der Waals surface area contributed by atoms with Crippen molar-refractivity contribution in [1.82, 2.24) is 0 Å². The van der Waals surface area contributed by atoms with Gasteiger partial charge in [-0.25, -0.2) is 0 Å². The number of phosphoric ester groups is 1. The van der Waals surface area contributed by atoms with Gasteiger partial charge in [0.25, 0.3) is 7.82 Å². The number of ether oxygens (including phenoxy) is 2. The molecule has 1 unspecified atom stereocenters. The van der Waals surface area contributed by atoms with Gasteiger partial charge in [0.1, 0.15) is 19.8 Å². The normalized spacial score (nSPS) is 14.2. The molecule has 0 heterocycles. The van der Waals surface area contributed by atoms with E-state index in [0.717, 1.165) is 57.8 Å². The number of hydrogen-bond donors (Lipinski definition) is 0. The Kier molecular flexibility index (Phi) is 36.0. The van der Waals surface area contributed by atoms with Crippen molar-refractivity contribution in [1.29, 1.82) is 0 Å². The van der Waals surface area contributed by atoms with Crippen molar-refractivity contribution >= 4 is 13.8 Å². The maximum Gasteiger partial charge on any atom is 0.306 e. The van der Waals surface area contributed by atoms with Crippen LogP contribution >= 0.6 is 7.82 Å². The van der Waals surface area contributed by atoms with Crippen molar-refractivity contribution < 1.29 is 37.3 Å². The summed E-state index contributed by atoms with van der Waals surface area (Å²) in [7, 11) is 1.31. The van der Waals surface area contributed by atoms with Crippen molar-refractivity contribution in [3.63, 3.8) is 0 Å². The van der Waals surface area contributed by atoms with Gasteiger partial charge in [-0.05, 0) is 63.9 Å². The van der Waals surface area contributed by atoms with Crippen LogP contribution < -0.4 is 4.89 Å². The van der Waals surface area contributed by atoms with E-state index >= 15 is 0 Å². The second-order valence-corrected chi connectivity index (χ2v) is 16.8. The Bertz CT molecular complexity index is 989. The molecule has 0 aromatic rings. The van der Waals surface area contributed by atoms with Gasteiger partial charge in [0, 0.05) is 6.42 Å². The number of carbonyl (C=O) groups excluding carboxylic acids is 1. The number of unbranched alkanes of at least 4 members (excludes halogenated alkanes) is 19. The molecule has 0 rings (SSSR count). The number of quaternary nitrogens is 1. The van der Waals surface area contributed by atoms with E-state index < -0.39 is 13.9 Å². The average Bonchev–Trinajstić information content (AvgIpc) is 3.11. The van der Waals surface area contributed by atoms with E-state index in [-0.39, 0.29) is 32.2 Å². The molecule has 0 spiro atoms. The Morgan fingerprint density at radius 2 is 1.06 bits per heavy atom. The number of phosphoric acid groups is 1. The zero-order chi connectivity index (χ0) is 39.1. The summed E-state index contributed by atoms with van der Waals surface area (Å²) >= 11 is 0. The smallest absolute Gasteiger partial charge is 0.306 e. The lowest BCUT2D eigenvalue weighted by Crippen LogP contribution is -2.37. The molecule has 0 fully saturated rings. The van der Waals surface area contributed by atoms with Gasteiger partial charge in [-0.15, -0.1) is 0 Å². The van der Waals surface area contributed by atoms with Crippen LogP contribution in [0.2, 0.25) is 0 Å². The van der Waals surface area contributed by atoms with E-state index in [4.69, 9.17) is 18.5 Å². The highest BCUT2D eigenvalue weighted by Gasteiger charge is 2.20. The van der Waals surface area contributed by atoms with Gasteiger partial charge in [0.15, 0.2) is 6.10 Å². The molecule has 0 aliphatic heterocycles. The lowest BCUT2D eigenvalue weighted by Gasteiger charge is -2.28. The molecule has 0 saturated heterocycles. The van der Waals surface area contributed by atoms with Gasteiger partial charge in [0.05, 0.1) is 34.0 Å². The van der Waals surface area contributed by atoms with Crippen LogP contribution in [0.5, 0.6) is 0 Å². The SMILES string of the molecule is CCCCC/C=C/C/C=C/C/C=C/CCCCCCC(=O)O[C@H](CO/C=C/CCCCCCCCCCCCCC)COP(=O)([O-])OCC[N+](C)(C)C. The topological polar surface area (TPSA) is 94.1 Å². The summed E-state index contributed by atoms with van der Waals surface area (Å²) in [6.45, 7) is 4.67. The highest BCUT2D eigenvalue weighted by molar-refractivity contribution is 7.45. The highest BCUT2D eigenvalue weighted by Crippen LogP contribution is 2.38. The number of likely N-dealkylation sites (N-methyl/N-ethyl adjacent to an activating group) is 1. The van der Waals surface area contributed by atoms with Crippen molar-refractivity contribution in [2.24, 2.45) is 0 Å². The molecular formula is C44H82NO7P.